The maximum atomic E-state index is 13.8. The Labute approximate surface area is 162 Å². The lowest BCUT2D eigenvalue weighted by Gasteiger charge is -2.67. The number of likely N-dealkylation sites (tertiary alicyclic amines) is 1. The van der Waals surface area contributed by atoms with Crippen LogP contribution >= 0.6 is 0 Å². The lowest BCUT2D eigenvalue weighted by Crippen LogP contribution is -2.70. The van der Waals surface area contributed by atoms with Gasteiger partial charge in [-0.2, -0.15) is 0 Å². The van der Waals surface area contributed by atoms with Gasteiger partial charge < -0.3 is 10.6 Å². The van der Waals surface area contributed by atoms with E-state index in [1.54, 1.807) is 0 Å². The molecule has 3 nitrogen and oxygen atoms in total. The van der Waals surface area contributed by atoms with E-state index in [9.17, 15) is 4.79 Å². The second kappa shape index (κ2) is 4.97. The Hall–Kier alpha value is -1.35. The number of nitrogens with zero attached hydrogens (tertiary/aromatic N) is 1. The quantitative estimate of drug-likeness (QED) is 0.866. The molecule has 4 unspecified atom stereocenters. The van der Waals surface area contributed by atoms with E-state index in [4.69, 9.17) is 5.73 Å². The van der Waals surface area contributed by atoms with Crippen molar-refractivity contribution in [1.29, 1.82) is 0 Å². The molecule has 1 aliphatic heterocycles. The molecule has 1 aromatic carbocycles. The van der Waals surface area contributed by atoms with Crippen LogP contribution in [0.25, 0.3) is 0 Å². The summed E-state index contributed by atoms with van der Waals surface area (Å²) >= 11 is 0. The Morgan fingerprint density at radius 1 is 1.00 bits per heavy atom. The molecule has 5 saturated carbocycles. The molecule has 27 heavy (non-hydrogen) atoms. The van der Waals surface area contributed by atoms with Crippen molar-refractivity contribution in [3.05, 3.63) is 35.9 Å². The van der Waals surface area contributed by atoms with E-state index in [0.29, 0.717) is 22.8 Å². The molecule has 6 fully saturated rings. The van der Waals surface area contributed by atoms with E-state index in [0.717, 1.165) is 51.1 Å². The predicted molar refractivity (Wildman–Crippen MR) is 106 cm³/mol. The summed E-state index contributed by atoms with van der Waals surface area (Å²) in [5, 5.41) is 0. The van der Waals surface area contributed by atoms with Crippen LogP contribution in [0, 0.1) is 22.2 Å². The topological polar surface area (TPSA) is 46.3 Å². The highest BCUT2D eigenvalue weighted by atomic mass is 16.2. The summed E-state index contributed by atoms with van der Waals surface area (Å²) in [6.45, 7) is 4.42. The minimum absolute atomic E-state index is 0.0997. The Morgan fingerprint density at radius 3 is 2.41 bits per heavy atom. The van der Waals surface area contributed by atoms with Gasteiger partial charge in [0.25, 0.3) is 0 Å². The summed E-state index contributed by atoms with van der Waals surface area (Å²) in [7, 11) is 0. The molecule has 1 amide bonds. The third kappa shape index (κ3) is 2.21. The zero-order valence-electron chi connectivity index (χ0n) is 16.5. The van der Waals surface area contributed by atoms with E-state index in [2.05, 4.69) is 42.2 Å². The molecule has 1 heterocycles. The van der Waals surface area contributed by atoms with Crippen molar-refractivity contribution in [2.45, 2.75) is 69.7 Å². The van der Waals surface area contributed by atoms with Gasteiger partial charge in [0.2, 0.25) is 5.91 Å². The molecule has 144 valence electrons. The molecule has 2 N–H and O–H groups in total. The number of hydrogen-bond donors (Lipinski definition) is 1. The average molecular weight is 365 g/mol. The highest BCUT2D eigenvalue weighted by Crippen LogP contribution is 2.70. The first-order valence-electron chi connectivity index (χ1n) is 10.9. The van der Waals surface area contributed by atoms with Crippen molar-refractivity contribution in [3.63, 3.8) is 0 Å². The molecule has 1 saturated heterocycles. The summed E-state index contributed by atoms with van der Waals surface area (Å²) in [6.07, 6.45) is 9.48. The van der Waals surface area contributed by atoms with E-state index < -0.39 is 0 Å². The standard InChI is InChI=1S/C24H32N2O/c1-21-7-17-8-23(12-21,18-5-3-2-4-6-18)14-24(9-17,13-21)20(27)26-15-22(16-26)10-19(25)11-22/h2-6,17,19H,7-16,25H2,1H3. The van der Waals surface area contributed by atoms with Crippen LogP contribution in [-0.4, -0.2) is 29.9 Å². The van der Waals surface area contributed by atoms with Crippen molar-refractivity contribution in [2.75, 3.05) is 13.1 Å². The van der Waals surface area contributed by atoms with Gasteiger partial charge in [0.05, 0.1) is 5.41 Å². The number of nitrogens with two attached hydrogens (primary N) is 1. The molecule has 0 radical (unpaired) electrons. The Morgan fingerprint density at radius 2 is 1.74 bits per heavy atom. The van der Waals surface area contributed by atoms with Crippen LogP contribution in [0.1, 0.15) is 63.9 Å². The molecule has 1 aromatic rings. The van der Waals surface area contributed by atoms with Gasteiger partial charge >= 0.3 is 0 Å². The zero-order valence-corrected chi connectivity index (χ0v) is 16.5. The van der Waals surface area contributed by atoms with E-state index in [1.165, 1.54) is 24.8 Å². The summed E-state index contributed by atoms with van der Waals surface area (Å²) in [5.74, 6) is 1.21. The van der Waals surface area contributed by atoms with Crippen LogP contribution in [0.2, 0.25) is 0 Å². The van der Waals surface area contributed by atoms with Gasteiger partial charge in [-0.1, -0.05) is 37.3 Å². The van der Waals surface area contributed by atoms with E-state index in [1.807, 2.05) is 0 Å². The monoisotopic (exact) mass is 364 g/mol. The van der Waals surface area contributed by atoms with Gasteiger partial charge in [-0.05, 0) is 73.7 Å². The fourth-order valence-corrected chi connectivity index (χ4v) is 8.83. The van der Waals surface area contributed by atoms with Crippen LogP contribution in [0.3, 0.4) is 0 Å². The summed E-state index contributed by atoms with van der Waals surface area (Å²) < 4.78 is 0. The molecule has 6 aliphatic rings. The number of amides is 1. The largest absolute Gasteiger partial charge is 0.341 e. The third-order valence-corrected chi connectivity index (χ3v) is 8.92. The SMILES string of the molecule is CC12CC3CC(C(=O)N4CC5(CC(N)C5)C4)(C1)CC(c1ccccc1)(C3)C2. The van der Waals surface area contributed by atoms with Crippen LogP contribution in [-0.2, 0) is 10.2 Å². The number of rotatable bonds is 2. The predicted octanol–water partition coefficient (Wildman–Crippen LogP) is 3.86. The van der Waals surface area contributed by atoms with E-state index >= 15 is 0 Å². The first kappa shape index (κ1) is 16.6. The normalized spacial score (nSPS) is 44.2. The van der Waals surface area contributed by atoms with Gasteiger partial charge in [-0.25, -0.2) is 0 Å². The maximum Gasteiger partial charge on any atom is 0.228 e. The highest BCUT2D eigenvalue weighted by molar-refractivity contribution is 5.84. The van der Waals surface area contributed by atoms with Crippen molar-refractivity contribution in [1.82, 2.24) is 4.90 Å². The van der Waals surface area contributed by atoms with Gasteiger partial charge in [-0.15, -0.1) is 0 Å². The molecule has 3 heteroatoms. The van der Waals surface area contributed by atoms with E-state index in [-0.39, 0.29) is 10.8 Å². The maximum absolute atomic E-state index is 13.8. The molecular formula is C24H32N2O. The molecule has 4 bridgehead atoms. The van der Waals surface area contributed by atoms with Gasteiger partial charge in [0.1, 0.15) is 0 Å². The molecule has 0 aromatic heterocycles. The van der Waals surface area contributed by atoms with Crippen molar-refractivity contribution >= 4 is 5.91 Å². The van der Waals surface area contributed by atoms with Crippen molar-refractivity contribution < 1.29 is 4.79 Å². The fraction of sp³-hybridized carbons (Fsp3) is 0.708. The highest BCUT2D eigenvalue weighted by Gasteiger charge is 2.66. The number of benzene rings is 1. The van der Waals surface area contributed by atoms with Crippen LogP contribution in [0.5, 0.6) is 0 Å². The second-order valence-corrected chi connectivity index (χ2v) is 11.6. The minimum atomic E-state index is -0.0997. The second-order valence-electron chi connectivity index (χ2n) is 11.6. The number of carbonyl (C=O) groups is 1. The van der Waals surface area contributed by atoms with Crippen molar-refractivity contribution in [3.8, 4) is 0 Å². The third-order valence-electron chi connectivity index (χ3n) is 8.92. The molecule has 7 rings (SSSR count). The lowest BCUT2D eigenvalue weighted by atomic mass is 9.38. The Kier molecular flexibility index (Phi) is 3.06. The first-order chi connectivity index (χ1) is 12.8. The van der Waals surface area contributed by atoms with Crippen molar-refractivity contribution in [2.24, 2.45) is 27.9 Å². The average Bonchev–Trinajstić information content (AvgIpc) is 2.55. The summed E-state index contributed by atoms with van der Waals surface area (Å²) in [4.78, 5) is 16.0. The van der Waals surface area contributed by atoms with Gasteiger partial charge in [-0.3, -0.25) is 4.79 Å². The number of hydrogen-bond acceptors (Lipinski definition) is 2. The summed E-state index contributed by atoms with van der Waals surface area (Å²) in [6, 6.07) is 11.5. The van der Waals surface area contributed by atoms with Gasteiger partial charge in [0.15, 0.2) is 0 Å². The molecule has 5 aliphatic carbocycles. The molecule has 4 atom stereocenters. The fourth-order valence-electron chi connectivity index (χ4n) is 8.83. The zero-order chi connectivity index (χ0) is 18.5. The van der Waals surface area contributed by atoms with Crippen LogP contribution < -0.4 is 5.73 Å². The Balaban J connectivity index is 1.32. The smallest absolute Gasteiger partial charge is 0.228 e. The first-order valence-corrected chi connectivity index (χ1v) is 10.9. The number of carbonyl (C=O) groups excluding carboxylic acids is 1. The minimum Gasteiger partial charge on any atom is -0.341 e. The summed E-state index contributed by atoms with van der Waals surface area (Å²) in [5.41, 5.74) is 8.37. The lowest BCUT2D eigenvalue weighted by molar-refractivity contribution is -0.186. The van der Waals surface area contributed by atoms with Crippen LogP contribution in [0.4, 0.5) is 0 Å². The molecule has 1 spiro atoms. The van der Waals surface area contributed by atoms with Crippen LogP contribution in [0.15, 0.2) is 30.3 Å². The Bertz CT molecular complexity index is 792. The molecular weight excluding hydrogens is 332 g/mol. The van der Waals surface area contributed by atoms with Gasteiger partial charge in [0, 0.05) is 24.5 Å².